The van der Waals surface area contributed by atoms with Gasteiger partial charge < -0.3 is 14.5 Å². The third kappa shape index (κ3) is 6.10. The van der Waals surface area contributed by atoms with Crippen molar-refractivity contribution in [3.8, 4) is 0 Å². The second-order valence-corrected chi connectivity index (χ2v) is 9.20. The summed E-state index contributed by atoms with van der Waals surface area (Å²) in [6.45, 7) is 1.39. The first-order valence-electron chi connectivity index (χ1n) is 9.25. The van der Waals surface area contributed by atoms with Crippen LogP contribution in [0.25, 0.3) is 0 Å². The van der Waals surface area contributed by atoms with Gasteiger partial charge in [0.05, 0.1) is 34.0 Å². The van der Waals surface area contributed by atoms with Crippen LogP contribution in [-0.4, -0.2) is 26.4 Å². The summed E-state index contributed by atoms with van der Waals surface area (Å²) in [6.07, 6.45) is 0.308. The van der Waals surface area contributed by atoms with Crippen LogP contribution in [0.4, 0.5) is 5.69 Å². The molecule has 0 spiro atoms. The standard InChI is InChI=1S/C21H18Cl2N2O6S/c1-13(20(26)25-19-9-6-15(22)11-18(19)23)31-21(27)14-4-7-17(8-5-14)32(28,29)24-12-16-3-2-10-30-16/h2-11,13,24H,12H2,1H3,(H,25,26). The Kier molecular flexibility index (Phi) is 7.57. The van der Waals surface area contributed by atoms with E-state index < -0.39 is 28.0 Å². The van der Waals surface area contributed by atoms with Crippen molar-refractivity contribution in [2.45, 2.75) is 24.5 Å². The molecule has 0 saturated carbocycles. The molecule has 1 unspecified atom stereocenters. The van der Waals surface area contributed by atoms with E-state index in [0.717, 1.165) is 0 Å². The minimum Gasteiger partial charge on any atom is -0.468 e. The molecule has 168 valence electrons. The predicted molar refractivity (Wildman–Crippen MR) is 119 cm³/mol. The molecule has 0 aliphatic heterocycles. The highest BCUT2D eigenvalue weighted by molar-refractivity contribution is 7.89. The third-order valence-electron chi connectivity index (χ3n) is 4.26. The molecule has 3 rings (SSSR count). The average Bonchev–Trinajstić information content (AvgIpc) is 3.28. The van der Waals surface area contributed by atoms with Gasteiger partial charge in [0.1, 0.15) is 5.76 Å². The fourth-order valence-corrected chi connectivity index (χ4v) is 3.99. The molecule has 0 aliphatic carbocycles. The van der Waals surface area contributed by atoms with Crippen LogP contribution in [0.1, 0.15) is 23.0 Å². The van der Waals surface area contributed by atoms with E-state index in [9.17, 15) is 18.0 Å². The number of sulfonamides is 1. The van der Waals surface area contributed by atoms with Gasteiger partial charge in [-0.2, -0.15) is 0 Å². The first-order valence-corrected chi connectivity index (χ1v) is 11.5. The van der Waals surface area contributed by atoms with Crippen LogP contribution in [0.3, 0.4) is 0 Å². The molecule has 1 atom stereocenters. The Morgan fingerprint density at radius 1 is 1.09 bits per heavy atom. The van der Waals surface area contributed by atoms with Gasteiger partial charge in [0, 0.05) is 5.02 Å². The van der Waals surface area contributed by atoms with Crippen LogP contribution in [0, 0.1) is 0 Å². The van der Waals surface area contributed by atoms with Gasteiger partial charge in [-0.15, -0.1) is 0 Å². The molecule has 0 bridgehead atoms. The lowest BCUT2D eigenvalue weighted by Crippen LogP contribution is -2.30. The van der Waals surface area contributed by atoms with E-state index in [1.807, 2.05) is 0 Å². The number of halogens is 2. The molecule has 11 heteroatoms. The highest BCUT2D eigenvalue weighted by Gasteiger charge is 2.21. The summed E-state index contributed by atoms with van der Waals surface area (Å²) in [5, 5.41) is 3.20. The van der Waals surface area contributed by atoms with Crippen LogP contribution < -0.4 is 10.0 Å². The van der Waals surface area contributed by atoms with Gasteiger partial charge in [-0.3, -0.25) is 4.79 Å². The number of esters is 1. The smallest absolute Gasteiger partial charge is 0.338 e. The number of hydrogen-bond donors (Lipinski definition) is 2. The van der Waals surface area contributed by atoms with Crippen molar-refractivity contribution in [2.24, 2.45) is 0 Å². The van der Waals surface area contributed by atoms with E-state index in [1.54, 1.807) is 18.2 Å². The Morgan fingerprint density at radius 2 is 1.81 bits per heavy atom. The van der Waals surface area contributed by atoms with E-state index in [0.29, 0.717) is 16.5 Å². The van der Waals surface area contributed by atoms with Gasteiger partial charge in [0.2, 0.25) is 10.0 Å². The third-order valence-corrected chi connectivity index (χ3v) is 6.22. The van der Waals surface area contributed by atoms with Gasteiger partial charge in [-0.25, -0.2) is 17.9 Å². The number of hydrogen-bond acceptors (Lipinski definition) is 6. The summed E-state index contributed by atoms with van der Waals surface area (Å²) in [7, 11) is -3.81. The lowest BCUT2D eigenvalue weighted by Gasteiger charge is -2.14. The Balaban J connectivity index is 1.59. The number of amides is 1. The monoisotopic (exact) mass is 496 g/mol. The number of anilines is 1. The van der Waals surface area contributed by atoms with Gasteiger partial charge in [-0.1, -0.05) is 23.2 Å². The topological polar surface area (TPSA) is 115 Å². The molecule has 2 aromatic carbocycles. The van der Waals surface area contributed by atoms with Crippen molar-refractivity contribution in [3.05, 3.63) is 82.2 Å². The molecule has 0 radical (unpaired) electrons. The molecular weight excluding hydrogens is 479 g/mol. The molecule has 8 nitrogen and oxygen atoms in total. The Morgan fingerprint density at radius 3 is 2.44 bits per heavy atom. The normalized spacial score (nSPS) is 12.2. The summed E-state index contributed by atoms with van der Waals surface area (Å²) in [5.41, 5.74) is 0.403. The minimum atomic E-state index is -3.81. The predicted octanol–water partition coefficient (Wildman–Crippen LogP) is 4.25. The van der Waals surface area contributed by atoms with Gasteiger partial charge in [0.25, 0.3) is 5.91 Å². The summed E-state index contributed by atoms with van der Waals surface area (Å²) in [4.78, 5) is 24.6. The summed E-state index contributed by atoms with van der Waals surface area (Å²) in [6, 6.07) is 13.0. The van der Waals surface area contributed by atoms with Crippen LogP contribution in [-0.2, 0) is 26.1 Å². The molecule has 2 N–H and O–H groups in total. The molecule has 3 aromatic rings. The van der Waals surface area contributed by atoms with E-state index >= 15 is 0 Å². The maximum atomic E-state index is 12.4. The lowest BCUT2D eigenvalue weighted by atomic mass is 10.2. The first kappa shape index (κ1) is 23.8. The number of carbonyl (C=O) groups excluding carboxylic acids is 2. The zero-order valence-electron chi connectivity index (χ0n) is 16.7. The second kappa shape index (κ2) is 10.2. The fraction of sp³-hybridized carbons (Fsp3) is 0.143. The van der Waals surface area contributed by atoms with Gasteiger partial charge in [-0.05, 0) is 61.5 Å². The summed E-state index contributed by atoms with van der Waals surface area (Å²) >= 11 is 11.8. The first-order chi connectivity index (χ1) is 15.2. The fourth-order valence-electron chi connectivity index (χ4n) is 2.54. The maximum absolute atomic E-state index is 12.4. The molecule has 1 amide bonds. The largest absolute Gasteiger partial charge is 0.468 e. The van der Waals surface area contributed by atoms with Crippen LogP contribution in [0.15, 0.2) is 70.2 Å². The number of furan rings is 1. The number of ether oxygens (including phenoxy) is 1. The van der Waals surface area contributed by atoms with E-state index in [4.69, 9.17) is 32.4 Å². The molecule has 0 aliphatic rings. The number of rotatable bonds is 8. The molecule has 1 heterocycles. The Hall–Kier alpha value is -2.85. The van der Waals surface area contributed by atoms with E-state index in [2.05, 4.69) is 10.0 Å². The van der Waals surface area contributed by atoms with Gasteiger partial charge >= 0.3 is 5.97 Å². The van der Waals surface area contributed by atoms with Crippen molar-refractivity contribution < 1.29 is 27.2 Å². The van der Waals surface area contributed by atoms with Gasteiger partial charge in [0.15, 0.2) is 6.10 Å². The Labute approximate surface area is 194 Å². The zero-order valence-corrected chi connectivity index (χ0v) is 19.0. The highest BCUT2D eigenvalue weighted by atomic mass is 35.5. The van der Waals surface area contributed by atoms with Crippen molar-refractivity contribution in [1.82, 2.24) is 4.72 Å². The van der Waals surface area contributed by atoms with Crippen molar-refractivity contribution >= 4 is 50.8 Å². The van der Waals surface area contributed by atoms with Crippen molar-refractivity contribution in [2.75, 3.05) is 5.32 Å². The van der Waals surface area contributed by atoms with Crippen LogP contribution in [0.2, 0.25) is 10.0 Å². The number of benzene rings is 2. The number of nitrogens with one attached hydrogen (secondary N) is 2. The minimum absolute atomic E-state index is 0.0105. The summed E-state index contributed by atoms with van der Waals surface area (Å²) in [5.74, 6) is -0.924. The maximum Gasteiger partial charge on any atom is 0.338 e. The zero-order chi connectivity index (χ0) is 23.3. The quantitative estimate of drug-likeness (QED) is 0.450. The van der Waals surface area contributed by atoms with Crippen molar-refractivity contribution in [1.29, 1.82) is 0 Å². The molecule has 1 aromatic heterocycles. The van der Waals surface area contributed by atoms with Crippen molar-refractivity contribution in [3.63, 3.8) is 0 Å². The highest BCUT2D eigenvalue weighted by Crippen LogP contribution is 2.25. The molecular formula is C21H18Cl2N2O6S. The SMILES string of the molecule is CC(OC(=O)c1ccc(S(=O)(=O)NCc2ccco2)cc1)C(=O)Nc1ccc(Cl)cc1Cl. The van der Waals surface area contributed by atoms with E-state index in [-0.39, 0.29) is 22.0 Å². The summed E-state index contributed by atoms with van der Waals surface area (Å²) < 4.78 is 37.4. The second-order valence-electron chi connectivity index (χ2n) is 6.59. The Bertz CT molecular complexity index is 1210. The molecule has 0 fully saturated rings. The van der Waals surface area contributed by atoms with E-state index in [1.165, 1.54) is 49.6 Å². The lowest BCUT2D eigenvalue weighted by molar-refractivity contribution is -0.123. The molecule has 0 saturated heterocycles. The van der Waals surface area contributed by atoms with Crippen LogP contribution in [0.5, 0.6) is 0 Å². The molecule has 32 heavy (non-hydrogen) atoms. The van der Waals surface area contributed by atoms with Crippen LogP contribution >= 0.6 is 23.2 Å². The number of carbonyl (C=O) groups is 2. The average molecular weight is 497 g/mol.